The summed E-state index contributed by atoms with van der Waals surface area (Å²) in [7, 11) is 0. The molecule has 0 saturated carbocycles. The predicted octanol–water partition coefficient (Wildman–Crippen LogP) is 2.17. The Morgan fingerprint density at radius 2 is 2.10 bits per heavy atom. The summed E-state index contributed by atoms with van der Waals surface area (Å²) in [6.45, 7) is 4.78. The van der Waals surface area contributed by atoms with Crippen molar-refractivity contribution >= 4 is 28.2 Å². The summed E-state index contributed by atoms with van der Waals surface area (Å²) in [4.78, 5) is 8.48. The molecule has 1 aromatic carbocycles. The number of pyridine rings is 1. The first-order chi connectivity index (χ1) is 14.7. The van der Waals surface area contributed by atoms with E-state index in [1.54, 1.807) is 11.3 Å². The van der Waals surface area contributed by atoms with Crippen molar-refractivity contribution in [2.45, 2.75) is 25.5 Å². The quantitative estimate of drug-likeness (QED) is 0.606. The number of aromatic nitrogens is 1. The largest absolute Gasteiger partial charge is 0.388 e. The van der Waals surface area contributed by atoms with Crippen LogP contribution in [0.25, 0.3) is 11.9 Å². The number of nitrogens with one attached hydrogen (secondary N) is 2. The normalized spacial score (nSPS) is 19.2. The number of hydrogen-bond donors (Lipinski definition) is 3. The van der Waals surface area contributed by atoms with Crippen LogP contribution in [0.15, 0.2) is 54.7 Å². The molecular formula is C24H26N4OS. The van der Waals surface area contributed by atoms with Gasteiger partial charge >= 0.3 is 0 Å². The fourth-order valence-electron chi connectivity index (χ4n) is 4.39. The van der Waals surface area contributed by atoms with Crippen LogP contribution in [0.5, 0.6) is 0 Å². The Morgan fingerprint density at radius 3 is 2.97 bits per heavy atom. The highest BCUT2D eigenvalue weighted by Crippen LogP contribution is 2.34. The molecule has 5 nitrogen and oxygen atoms in total. The van der Waals surface area contributed by atoms with Gasteiger partial charge in [-0.25, -0.2) is 0 Å². The number of rotatable bonds is 4. The first-order valence-corrected chi connectivity index (χ1v) is 11.2. The minimum absolute atomic E-state index is 0.206. The van der Waals surface area contributed by atoms with Crippen molar-refractivity contribution in [3.05, 3.63) is 81.3 Å². The van der Waals surface area contributed by atoms with Gasteiger partial charge < -0.3 is 20.6 Å². The van der Waals surface area contributed by atoms with Gasteiger partial charge in [-0.3, -0.25) is 4.98 Å². The number of nitrogens with zero attached hydrogens (tertiary/aromatic N) is 2. The number of aliphatic hydroxyl groups excluding tert-OH is 1. The number of hydrogen-bond acceptors (Lipinski definition) is 6. The van der Waals surface area contributed by atoms with Gasteiger partial charge in [-0.05, 0) is 37.1 Å². The molecule has 2 aliphatic heterocycles. The van der Waals surface area contributed by atoms with Crippen molar-refractivity contribution < 1.29 is 5.11 Å². The van der Waals surface area contributed by atoms with Crippen LogP contribution in [-0.4, -0.2) is 40.7 Å². The molecule has 6 heteroatoms. The van der Waals surface area contributed by atoms with E-state index in [1.807, 2.05) is 42.6 Å². The minimum atomic E-state index is -0.470. The molecule has 0 radical (unpaired) electrons. The fraction of sp³-hybridized carbons (Fsp3) is 0.292. The van der Waals surface area contributed by atoms with Crippen LogP contribution >= 0.6 is 11.3 Å². The van der Waals surface area contributed by atoms with Gasteiger partial charge in [0.25, 0.3) is 0 Å². The Kier molecular flexibility index (Phi) is 5.29. The number of piperazine rings is 1. The van der Waals surface area contributed by atoms with Gasteiger partial charge in [0, 0.05) is 53.7 Å². The molecule has 4 heterocycles. The van der Waals surface area contributed by atoms with Crippen molar-refractivity contribution in [1.82, 2.24) is 15.2 Å². The number of thiophene rings is 1. The standard InChI is InChI=1S/C24H26N4OS/c1-16-12-20-23(22-18(8-5-9-26-22)14-27-24(20)30-16)28-11-10-25-19(15-28)13-21(29)17-6-3-2-4-7-17/h2-9,12,14,19,21,25,27,29H,10-11,13,15H2,1H3/t19?,21-/m1/s1. The van der Waals surface area contributed by atoms with Gasteiger partial charge in [-0.1, -0.05) is 30.3 Å². The molecule has 0 aliphatic carbocycles. The second-order valence-corrected chi connectivity index (χ2v) is 9.19. The maximum Gasteiger partial charge on any atom is 0.102 e. The van der Waals surface area contributed by atoms with Crippen molar-refractivity contribution in [2.75, 3.05) is 25.0 Å². The summed E-state index contributed by atoms with van der Waals surface area (Å²) < 4.78 is 0. The fourth-order valence-corrected chi connectivity index (χ4v) is 5.27. The number of benzene rings is 1. The Labute approximate surface area is 180 Å². The van der Waals surface area contributed by atoms with Gasteiger partial charge in [0.15, 0.2) is 0 Å². The molecule has 1 fully saturated rings. The van der Waals surface area contributed by atoms with Crippen LogP contribution in [0.1, 0.15) is 28.5 Å². The highest BCUT2D eigenvalue weighted by molar-refractivity contribution is 7.16. The molecule has 2 aliphatic rings. The van der Waals surface area contributed by atoms with E-state index in [0.717, 1.165) is 35.8 Å². The lowest BCUT2D eigenvalue weighted by Crippen LogP contribution is -2.52. The molecular weight excluding hydrogens is 392 g/mol. The Bertz CT molecular complexity index is 1160. The Morgan fingerprint density at radius 1 is 1.23 bits per heavy atom. The van der Waals surface area contributed by atoms with Gasteiger partial charge in [0.05, 0.1) is 17.2 Å². The van der Waals surface area contributed by atoms with E-state index in [9.17, 15) is 5.11 Å². The first-order valence-electron chi connectivity index (χ1n) is 10.4. The summed E-state index contributed by atoms with van der Waals surface area (Å²) in [5, 5.41) is 21.1. The topological polar surface area (TPSA) is 60.4 Å². The monoisotopic (exact) mass is 418 g/mol. The molecule has 0 amide bonds. The van der Waals surface area contributed by atoms with Crippen molar-refractivity contribution in [1.29, 1.82) is 0 Å². The molecule has 3 aromatic rings. The summed E-state index contributed by atoms with van der Waals surface area (Å²) >= 11 is 1.78. The van der Waals surface area contributed by atoms with E-state index < -0.39 is 6.10 Å². The third kappa shape index (κ3) is 3.74. The summed E-state index contributed by atoms with van der Waals surface area (Å²) in [5.41, 5.74) is 3.38. The van der Waals surface area contributed by atoms with Gasteiger partial charge in [-0.2, -0.15) is 0 Å². The van der Waals surface area contributed by atoms with E-state index in [4.69, 9.17) is 4.98 Å². The maximum atomic E-state index is 10.7. The lowest BCUT2D eigenvalue weighted by molar-refractivity contribution is 0.135. The highest BCUT2D eigenvalue weighted by atomic mass is 32.1. The SMILES string of the molecule is Cc1cc2c(s1)NC=c1cccnc1=C2N1CCNC(C[C@@H](O)c2ccccc2)C1. The lowest BCUT2D eigenvalue weighted by atomic mass is 10.00. The second kappa shape index (κ2) is 8.22. The molecule has 1 saturated heterocycles. The molecule has 1 unspecified atom stereocenters. The second-order valence-electron chi connectivity index (χ2n) is 7.94. The summed E-state index contributed by atoms with van der Waals surface area (Å²) in [5.74, 6) is 0. The van der Waals surface area contributed by atoms with Crippen LogP contribution in [0, 0.1) is 6.92 Å². The molecule has 0 spiro atoms. The number of aryl methyl sites for hydroxylation is 1. The number of anilines is 1. The maximum absolute atomic E-state index is 10.7. The zero-order valence-corrected chi connectivity index (χ0v) is 17.8. The van der Waals surface area contributed by atoms with Gasteiger partial charge in [0.2, 0.25) is 0 Å². The van der Waals surface area contributed by atoms with E-state index in [2.05, 4.69) is 40.8 Å². The van der Waals surface area contributed by atoms with E-state index in [-0.39, 0.29) is 6.04 Å². The highest BCUT2D eigenvalue weighted by Gasteiger charge is 2.27. The van der Waals surface area contributed by atoms with E-state index in [1.165, 1.54) is 21.1 Å². The summed E-state index contributed by atoms with van der Waals surface area (Å²) in [6, 6.07) is 16.5. The molecule has 3 N–H and O–H groups in total. The first kappa shape index (κ1) is 19.3. The number of fused-ring (bicyclic) bond motifs is 2. The van der Waals surface area contributed by atoms with Crippen LogP contribution in [0.4, 0.5) is 5.00 Å². The molecule has 5 rings (SSSR count). The van der Waals surface area contributed by atoms with Crippen LogP contribution in [0.3, 0.4) is 0 Å². The van der Waals surface area contributed by atoms with E-state index in [0.29, 0.717) is 6.42 Å². The third-order valence-electron chi connectivity index (χ3n) is 5.80. The molecule has 154 valence electrons. The van der Waals surface area contributed by atoms with E-state index >= 15 is 0 Å². The number of aliphatic hydroxyl groups is 1. The zero-order valence-electron chi connectivity index (χ0n) is 17.0. The molecule has 0 bridgehead atoms. The summed E-state index contributed by atoms with van der Waals surface area (Å²) in [6.07, 6.45) is 4.14. The molecule has 2 atom stereocenters. The smallest absolute Gasteiger partial charge is 0.102 e. The van der Waals surface area contributed by atoms with Crippen molar-refractivity contribution in [2.24, 2.45) is 0 Å². The Balaban J connectivity index is 1.48. The predicted molar refractivity (Wildman–Crippen MR) is 123 cm³/mol. The van der Waals surface area contributed by atoms with Gasteiger partial charge in [0.1, 0.15) is 5.00 Å². The zero-order chi connectivity index (χ0) is 20.5. The van der Waals surface area contributed by atoms with Crippen molar-refractivity contribution in [3.8, 4) is 0 Å². The third-order valence-corrected chi connectivity index (χ3v) is 6.78. The average molecular weight is 419 g/mol. The van der Waals surface area contributed by atoms with Crippen LogP contribution < -0.4 is 21.2 Å². The van der Waals surface area contributed by atoms with Gasteiger partial charge in [-0.15, -0.1) is 11.3 Å². The lowest BCUT2D eigenvalue weighted by Gasteiger charge is -2.37. The molecule has 30 heavy (non-hydrogen) atoms. The van der Waals surface area contributed by atoms with Crippen molar-refractivity contribution in [3.63, 3.8) is 0 Å². The average Bonchev–Trinajstić information content (AvgIpc) is 3.07. The molecule has 2 aromatic heterocycles. The Hall–Kier alpha value is -2.67. The minimum Gasteiger partial charge on any atom is -0.388 e. The van der Waals surface area contributed by atoms with Crippen LogP contribution in [0.2, 0.25) is 0 Å². The van der Waals surface area contributed by atoms with Crippen LogP contribution in [-0.2, 0) is 0 Å².